The van der Waals surface area contributed by atoms with Crippen molar-refractivity contribution in [3.05, 3.63) is 66.5 Å². The summed E-state index contributed by atoms with van der Waals surface area (Å²) in [6.45, 7) is 4.47. The molecule has 266 valence electrons. The van der Waals surface area contributed by atoms with Crippen LogP contribution in [0.25, 0.3) is 11.0 Å². The summed E-state index contributed by atoms with van der Waals surface area (Å²) in [6, 6.07) is 11.4. The monoisotopic (exact) mass is 701 g/mol. The number of carbonyl (C=O) groups excluding carboxylic acids is 3. The second kappa shape index (κ2) is 13.6. The lowest BCUT2D eigenvalue weighted by Crippen LogP contribution is -2.47. The molecule has 2 saturated carbocycles. The van der Waals surface area contributed by atoms with Crippen LogP contribution in [0.15, 0.2) is 60.9 Å². The molecule has 7 rings (SSSR count). The molecule has 2 aromatic heterocycles. The van der Waals surface area contributed by atoms with Gasteiger partial charge in [0.05, 0.1) is 34.5 Å². The number of hydrogen-bond donors (Lipinski definition) is 1. The molecule has 12 heteroatoms. The fourth-order valence-corrected chi connectivity index (χ4v) is 9.16. The molecule has 3 aromatic rings. The number of pyridine rings is 1. The normalized spacial score (nSPS) is 29.0. The highest BCUT2D eigenvalue weighted by atomic mass is 32.2. The van der Waals surface area contributed by atoms with E-state index in [4.69, 9.17) is 4.74 Å². The van der Waals surface area contributed by atoms with Gasteiger partial charge in [-0.1, -0.05) is 55.3 Å². The van der Waals surface area contributed by atoms with Gasteiger partial charge in [0.2, 0.25) is 21.8 Å². The maximum Gasteiger partial charge on any atom is 0.297 e. The van der Waals surface area contributed by atoms with Crippen LogP contribution in [0.4, 0.5) is 0 Å². The van der Waals surface area contributed by atoms with E-state index in [0.717, 1.165) is 36.8 Å². The number of nitrogens with zero attached hydrogens (tertiary/aromatic N) is 4. The Morgan fingerprint density at radius 2 is 1.90 bits per heavy atom. The number of hydrogen-bond acceptors (Lipinski definition) is 8. The van der Waals surface area contributed by atoms with Crippen LogP contribution in [-0.2, 0) is 37.4 Å². The van der Waals surface area contributed by atoms with Gasteiger partial charge in [-0.05, 0) is 76.3 Å². The number of benzene rings is 1. The average Bonchev–Trinajstić information content (AvgIpc) is 3.93. The van der Waals surface area contributed by atoms with E-state index >= 15 is 0 Å². The molecule has 1 N–H and O–H groups in total. The van der Waals surface area contributed by atoms with Gasteiger partial charge in [0, 0.05) is 31.5 Å². The van der Waals surface area contributed by atoms with Crippen LogP contribution in [0.3, 0.4) is 0 Å². The van der Waals surface area contributed by atoms with Crippen molar-refractivity contribution in [1.29, 1.82) is 0 Å². The molecule has 5 atom stereocenters. The number of aryl methyl sites for hydroxylation is 1. The second-order valence-corrected chi connectivity index (χ2v) is 17.1. The second-order valence-electron chi connectivity index (χ2n) is 14.9. The van der Waals surface area contributed by atoms with Crippen molar-refractivity contribution in [3.63, 3.8) is 0 Å². The summed E-state index contributed by atoms with van der Waals surface area (Å²) < 4.78 is 36.1. The zero-order valence-corrected chi connectivity index (χ0v) is 29.7. The van der Waals surface area contributed by atoms with Gasteiger partial charge in [-0.25, -0.2) is 8.42 Å². The third-order valence-electron chi connectivity index (χ3n) is 11.4. The number of carbonyl (C=O) groups is 3. The smallest absolute Gasteiger partial charge is 0.297 e. The van der Waals surface area contributed by atoms with Crippen molar-refractivity contribution in [3.8, 4) is 6.01 Å². The molecule has 4 heterocycles. The summed E-state index contributed by atoms with van der Waals surface area (Å²) in [5.41, 5.74) is 1.47. The minimum atomic E-state index is -3.89. The molecule has 0 bridgehead atoms. The fraction of sp³-hybridized carbons (Fsp3) is 0.553. The molecule has 0 unspecified atom stereocenters. The van der Waals surface area contributed by atoms with Crippen molar-refractivity contribution < 1.29 is 27.5 Å². The maximum absolute atomic E-state index is 14.6. The van der Waals surface area contributed by atoms with E-state index in [-0.39, 0.29) is 42.9 Å². The average molecular weight is 702 g/mol. The number of rotatable bonds is 8. The predicted molar refractivity (Wildman–Crippen MR) is 188 cm³/mol. The fourth-order valence-electron chi connectivity index (χ4n) is 7.82. The van der Waals surface area contributed by atoms with Crippen molar-refractivity contribution >= 4 is 38.7 Å². The molecule has 4 aliphatic rings. The van der Waals surface area contributed by atoms with Crippen LogP contribution in [0.2, 0.25) is 0 Å². The molecule has 11 nitrogen and oxygen atoms in total. The lowest BCUT2D eigenvalue weighted by Gasteiger charge is -2.29. The Morgan fingerprint density at radius 1 is 1.10 bits per heavy atom. The Bertz CT molecular complexity index is 1900. The maximum atomic E-state index is 14.6. The summed E-state index contributed by atoms with van der Waals surface area (Å²) in [7, 11) is -3.89. The number of aromatic nitrogens is 3. The molecule has 50 heavy (non-hydrogen) atoms. The summed E-state index contributed by atoms with van der Waals surface area (Å²) in [4.78, 5) is 53.5. The van der Waals surface area contributed by atoms with Crippen molar-refractivity contribution in [2.24, 2.45) is 17.3 Å². The van der Waals surface area contributed by atoms with E-state index in [0.29, 0.717) is 50.2 Å². The van der Waals surface area contributed by atoms with E-state index in [9.17, 15) is 22.8 Å². The number of Topliss-reactive ketones (excluding diaryl/α,β-unsaturated/α-hetero) is 1. The first-order valence-corrected chi connectivity index (χ1v) is 19.6. The van der Waals surface area contributed by atoms with Crippen molar-refractivity contribution in [1.82, 2.24) is 24.2 Å². The molecular weight excluding hydrogens is 655 g/mol. The van der Waals surface area contributed by atoms with E-state index in [1.165, 1.54) is 0 Å². The molecule has 2 amide bonds. The number of amides is 2. The van der Waals surface area contributed by atoms with Gasteiger partial charge < -0.3 is 9.64 Å². The van der Waals surface area contributed by atoms with Gasteiger partial charge >= 0.3 is 0 Å². The molecular formula is C38H47N5O6S. The first-order chi connectivity index (χ1) is 24.0. The highest BCUT2D eigenvalue weighted by Crippen LogP contribution is 2.57. The summed E-state index contributed by atoms with van der Waals surface area (Å²) in [6.07, 6.45) is 13.3. The van der Waals surface area contributed by atoms with Gasteiger partial charge in [0.25, 0.3) is 6.01 Å². The molecule has 3 fully saturated rings. The Labute approximate surface area is 293 Å². The standard InChI is InChI=1S/C38H47N5O6S/c1-3-42-31-16-19-39-24-30(31)40-36(42)49-29-21-32-33(44)23-38(35(46)41-50(47,48)37(2)17-18-37)22-28(38)15-11-6-4-5-10-14-27(34(45)43(32)25-29)20-26-12-8-7-9-13-26/h7-9,11-13,15-16,19,24,27-29,32H,3-6,10,14,17-18,20-23,25H2,1-2H3,(H,41,46)/b15-11-/t27-,28-,29-,32+,38-/m1/s1. The molecule has 0 spiro atoms. The lowest BCUT2D eigenvalue weighted by molar-refractivity contribution is -0.142. The SMILES string of the molecule is CCn1c(O[C@@H]2C[C@H]3C(=O)C[C@]4(C(=O)NS(=O)(=O)C5(C)CC5)C[C@H]4/C=C\CCCCC[C@H](Cc4ccccc4)C(=O)N3C2)nc2cnccc21. The number of imidazole rings is 1. The quantitative estimate of drug-likeness (QED) is 0.319. The van der Waals surface area contributed by atoms with E-state index in [1.54, 1.807) is 24.2 Å². The Kier molecular flexibility index (Phi) is 9.34. The number of nitrogens with one attached hydrogen (secondary N) is 1. The number of ketones is 1. The van der Waals surface area contributed by atoms with Crippen LogP contribution in [0.1, 0.15) is 83.6 Å². The van der Waals surface area contributed by atoms with Crippen LogP contribution in [0.5, 0.6) is 6.01 Å². The van der Waals surface area contributed by atoms with Gasteiger partial charge in [0.15, 0.2) is 5.78 Å². The highest BCUT2D eigenvalue weighted by Gasteiger charge is 2.62. The van der Waals surface area contributed by atoms with Crippen molar-refractivity contribution in [2.45, 2.75) is 108 Å². The zero-order valence-electron chi connectivity index (χ0n) is 28.9. The third kappa shape index (κ3) is 6.70. The van der Waals surface area contributed by atoms with Gasteiger partial charge in [-0.3, -0.25) is 28.7 Å². The molecule has 1 saturated heterocycles. The minimum Gasteiger partial charge on any atom is -0.459 e. The topological polar surface area (TPSA) is 141 Å². The van der Waals surface area contributed by atoms with E-state index in [2.05, 4.69) is 20.8 Å². The number of sulfonamides is 1. The summed E-state index contributed by atoms with van der Waals surface area (Å²) in [5.74, 6) is -1.52. The van der Waals surface area contributed by atoms with Crippen LogP contribution in [0, 0.1) is 17.3 Å². The first-order valence-electron chi connectivity index (χ1n) is 18.1. The molecule has 2 aliphatic heterocycles. The van der Waals surface area contributed by atoms with E-state index < -0.39 is 38.2 Å². The Hall–Kier alpha value is -4.06. The Balaban J connectivity index is 1.20. The summed E-state index contributed by atoms with van der Waals surface area (Å²) >= 11 is 0. The number of ether oxygens (including phenoxy) is 1. The number of fused-ring (bicyclic) bond motifs is 3. The van der Waals surface area contributed by atoms with Crippen LogP contribution < -0.4 is 9.46 Å². The van der Waals surface area contributed by atoms with Gasteiger partial charge in [0.1, 0.15) is 11.6 Å². The highest BCUT2D eigenvalue weighted by molar-refractivity contribution is 7.91. The van der Waals surface area contributed by atoms with Gasteiger partial charge in [-0.2, -0.15) is 4.98 Å². The minimum absolute atomic E-state index is 0.0884. The Morgan fingerprint density at radius 3 is 2.66 bits per heavy atom. The zero-order chi connectivity index (χ0) is 35.1. The molecule has 1 aromatic carbocycles. The van der Waals surface area contributed by atoms with Crippen molar-refractivity contribution in [2.75, 3.05) is 6.54 Å². The molecule has 0 radical (unpaired) electrons. The van der Waals surface area contributed by atoms with Gasteiger partial charge in [-0.15, -0.1) is 0 Å². The summed E-state index contributed by atoms with van der Waals surface area (Å²) in [5, 5.41) is 0. The molecule has 2 aliphatic carbocycles. The lowest BCUT2D eigenvalue weighted by atomic mass is 9.90. The largest absolute Gasteiger partial charge is 0.459 e. The van der Waals surface area contributed by atoms with E-state index in [1.807, 2.05) is 54.0 Å². The third-order valence-corrected chi connectivity index (χ3v) is 13.6. The van der Waals surface area contributed by atoms with Crippen LogP contribution >= 0.6 is 0 Å². The first kappa shape index (κ1) is 34.4. The predicted octanol–water partition coefficient (Wildman–Crippen LogP) is 5.14. The number of allylic oxidation sites excluding steroid dienone is 2. The van der Waals surface area contributed by atoms with Crippen LogP contribution in [-0.4, -0.2) is 68.9 Å².